The molecule has 1 saturated heterocycles. The molecule has 6 heteroatoms. The number of unbranched alkanes of at least 4 members (excludes halogenated alkanes) is 4. The first-order chi connectivity index (χ1) is 15.1. The molecule has 2 aliphatic rings. The van der Waals surface area contributed by atoms with Gasteiger partial charge in [-0.05, 0) is 30.7 Å². The predicted octanol–water partition coefficient (Wildman–Crippen LogP) is 4.63. The molecule has 6 nitrogen and oxygen atoms in total. The van der Waals surface area contributed by atoms with Gasteiger partial charge in [-0.25, -0.2) is 15.2 Å². The van der Waals surface area contributed by atoms with Gasteiger partial charge >= 0.3 is 6.03 Å². The van der Waals surface area contributed by atoms with E-state index < -0.39 is 12.1 Å². The molecular weight excluding hydrogens is 390 g/mol. The number of hydrogen-bond acceptors (Lipinski definition) is 4. The van der Waals surface area contributed by atoms with Crippen molar-refractivity contribution in [3.63, 3.8) is 0 Å². The number of urea groups is 1. The van der Waals surface area contributed by atoms with Crippen LogP contribution in [-0.4, -0.2) is 45.6 Å². The minimum Gasteiger partial charge on any atom is -0.391 e. The minimum atomic E-state index is -0.489. The molecule has 3 amide bonds. The third-order valence-electron chi connectivity index (χ3n) is 6.73. The quantitative estimate of drug-likeness (QED) is 0.375. The number of carbonyl (C=O) groups is 2. The van der Waals surface area contributed by atoms with E-state index in [4.69, 9.17) is 0 Å². The molecule has 2 unspecified atom stereocenters. The van der Waals surface area contributed by atoms with Crippen LogP contribution in [0.15, 0.2) is 30.3 Å². The molecular formula is C25H39N3O3. The SMILES string of the molecule is CCCCCCCC1C(=O)N(Cc2ccccc2)C(=O)N1NCC(O)C1CCCCC1. The van der Waals surface area contributed by atoms with Gasteiger partial charge < -0.3 is 5.11 Å². The molecule has 1 aromatic rings. The molecule has 172 valence electrons. The summed E-state index contributed by atoms with van der Waals surface area (Å²) in [7, 11) is 0. The molecule has 0 bridgehead atoms. The lowest BCUT2D eigenvalue weighted by Crippen LogP contribution is -2.49. The number of nitrogens with one attached hydrogen (secondary N) is 1. The number of hydrogen-bond donors (Lipinski definition) is 2. The molecule has 1 aromatic carbocycles. The molecule has 2 N–H and O–H groups in total. The lowest BCUT2D eigenvalue weighted by molar-refractivity contribution is -0.129. The van der Waals surface area contributed by atoms with E-state index in [0.29, 0.717) is 13.0 Å². The number of benzene rings is 1. The Balaban J connectivity index is 1.63. The molecule has 1 heterocycles. The van der Waals surface area contributed by atoms with Gasteiger partial charge in [0.1, 0.15) is 6.04 Å². The molecule has 2 atom stereocenters. The highest BCUT2D eigenvalue weighted by atomic mass is 16.3. The van der Waals surface area contributed by atoms with Gasteiger partial charge in [-0.3, -0.25) is 9.69 Å². The van der Waals surface area contributed by atoms with Crippen molar-refractivity contribution in [3.8, 4) is 0 Å². The Kier molecular flexibility index (Phi) is 9.34. The molecule has 0 spiro atoms. The Hall–Kier alpha value is -1.92. The Morgan fingerprint density at radius 1 is 1.03 bits per heavy atom. The van der Waals surface area contributed by atoms with Gasteiger partial charge in [0, 0.05) is 6.54 Å². The summed E-state index contributed by atoms with van der Waals surface area (Å²) in [5, 5.41) is 12.1. The fraction of sp³-hybridized carbons (Fsp3) is 0.680. The normalized spacial score (nSPS) is 21.2. The first-order valence-electron chi connectivity index (χ1n) is 12.2. The van der Waals surface area contributed by atoms with Crippen LogP contribution in [0.1, 0.15) is 83.1 Å². The number of carbonyl (C=O) groups excluding carboxylic acids is 2. The van der Waals surface area contributed by atoms with Crippen LogP contribution in [0, 0.1) is 5.92 Å². The van der Waals surface area contributed by atoms with Crippen LogP contribution in [0.25, 0.3) is 0 Å². The maximum atomic E-state index is 13.2. The van der Waals surface area contributed by atoms with Crippen molar-refractivity contribution in [2.75, 3.05) is 6.54 Å². The summed E-state index contributed by atoms with van der Waals surface area (Å²) in [5.74, 6) is 0.145. The van der Waals surface area contributed by atoms with Crippen LogP contribution in [0.2, 0.25) is 0 Å². The average Bonchev–Trinajstić information content (AvgIpc) is 3.02. The van der Waals surface area contributed by atoms with Gasteiger partial charge in [0.2, 0.25) is 0 Å². The topological polar surface area (TPSA) is 72.9 Å². The first-order valence-corrected chi connectivity index (χ1v) is 12.2. The van der Waals surface area contributed by atoms with Crippen molar-refractivity contribution < 1.29 is 14.7 Å². The summed E-state index contributed by atoms with van der Waals surface area (Å²) in [6.45, 7) is 2.79. The van der Waals surface area contributed by atoms with E-state index in [0.717, 1.165) is 50.5 Å². The van der Waals surface area contributed by atoms with Crippen molar-refractivity contribution >= 4 is 11.9 Å². The van der Waals surface area contributed by atoms with Gasteiger partial charge in [-0.1, -0.05) is 88.6 Å². The summed E-state index contributed by atoms with van der Waals surface area (Å²) < 4.78 is 0. The van der Waals surface area contributed by atoms with Gasteiger partial charge in [0.05, 0.1) is 12.6 Å². The van der Waals surface area contributed by atoms with E-state index in [1.807, 2.05) is 30.3 Å². The Morgan fingerprint density at radius 3 is 2.45 bits per heavy atom. The number of imide groups is 1. The maximum Gasteiger partial charge on any atom is 0.342 e. The van der Waals surface area contributed by atoms with E-state index >= 15 is 0 Å². The third kappa shape index (κ3) is 6.53. The zero-order chi connectivity index (χ0) is 22.1. The lowest BCUT2D eigenvalue weighted by atomic mass is 9.85. The number of nitrogens with zero attached hydrogens (tertiary/aromatic N) is 2. The summed E-state index contributed by atoms with van der Waals surface area (Å²) in [6, 6.07) is 8.84. The van der Waals surface area contributed by atoms with Gasteiger partial charge in [0.15, 0.2) is 0 Å². The number of rotatable bonds is 12. The van der Waals surface area contributed by atoms with Crippen molar-refractivity contribution in [2.24, 2.45) is 5.92 Å². The van der Waals surface area contributed by atoms with Crippen LogP contribution >= 0.6 is 0 Å². The van der Waals surface area contributed by atoms with Crippen molar-refractivity contribution in [2.45, 2.75) is 96.2 Å². The number of hydrazine groups is 1. The van der Waals surface area contributed by atoms with Crippen LogP contribution in [-0.2, 0) is 11.3 Å². The summed E-state index contributed by atoms with van der Waals surface area (Å²) >= 11 is 0. The zero-order valence-electron chi connectivity index (χ0n) is 19.0. The molecule has 31 heavy (non-hydrogen) atoms. The van der Waals surface area contributed by atoms with Crippen LogP contribution < -0.4 is 5.43 Å². The lowest BCUT2D eigenvalue weighted by Gasteiger charge is -2.29. The standard InChI is InChI=1S/C25H39N3O3/c1-2-3-4-5-12-17-22-24(30)27(19-20-13-8-6-9-14-20)25(31)28(22)26-18-23(29)21-15-10-7-11-16-21/h6,8-9,13-14,21-23,26,29H,2-5,7,10-12,15-19H2,1H3. The van der Waals surface area contributed by atoms with Crippen LogP contribution in [0.4, 0.5) is 4.79 Å². The molecule has 1 saturated carbocycles. The van der Waals surface area contributed by atoms with Gasteiger partial charge in [0.25, 0.3) is 5.91 Å². The summed E-state index contributed by atoms with van der Waals surface area (Å²) in [4.78, 5) is 27.7. The summed E-state index contributed by atoms with van der Waals surface area (Å²) in [5.41, 5.74) is 4.09. The van der Waals surface area contributed by atoms with Gasteiger partial charge in [-0.2, -0.15) is 0 Å². The second-order valence-electron chi connectivity index (χ2n) is 9.11. The second-order valence-corrected chi connectivity index (χ2v) is 9.11. The summed E-state index contributed by atoms with van der Waals surface area (Å²) in [6.07, 6.45) is 11.3. The highest BCUT2D eigenvalue weighted by molar-refractivity contribution is 6.03. The van der Waals surface area contributed by atoms with E-state index in [2.05, 4.69) is 12.3 Å². The smallest absolute Gasteiger partial charge is 0.342 e. The fourth-order valence-electron chi connectivity index (χ4n) is 4.81. The molecule has 0 radical (unpaired) electrons. The zero-order valence-corrected chi connectivity index (χ0v) is 19.0. The molecule has 3 rings (SSSR count). The van der Waals surface area contributed by atoms with E-state index in [9.17, 15) is 14.7 Å². The third-order valence-corrected chi connectivity index (χ3v) is 6.73. The fourth-order valence-corrected chi connectivity index (χ4v) is 4.81. The average molecular weight is 430 g/mol. The Bertz CT molecular complexity index is 691. The maximum absolute atomic E-state index is 13.2. The highest BCUT2D eigenvalue weighted by Crippen LogP contribution is 2.27. The number of aliphatic hydroxyl groups excluding tert-OH is 1. The molecule has 1 aliphatic carbocycles. The van der Waals surface area contributed by atoms with Crippen molar-refractivity contribution in [1.82, 2.24) is 15.3 Å². The van der Waals surface area contributed by atoms with E-state index in [1.165, 1.54) is 29.2 Å². The van der Waals surface area contributed by atoms with Crippen LogP contribution in [0.3, 0.4) is 0 Å². The largest absolute Gasteiger partial charge is 0.391 e. The predicted molar refractivity (Wildman–Crippen MR) is 122 cm³/mol. The monoisotopic (exact) mass is 429 g/mol. The second kappa shape index (κ2) is 12.2. The molecule has 1 aliphatic heterocycles. The Morgan fingerprint density at radius 2 is 1.74 bits per heavy atom. The molecule has 2 fully saturated rings. The van der Waals surface area contributed by atoms with Crippen LogP contribution in [0.5, 0.6) is 0 Å². The van der Waals surface area contributed by atoms with E-state index in [-0.39, 0.29) is 24.4 Å². The minimum absolute atomic E-state index is 0.135. The van der Waals surface area contributed by atoms with E-state index in [1.54, 1.807) is 0 Å². The number of aliphatic hydroxyl groups is 1. The van der Waals surface area contributed by atoms with Crippen molar-refractivity contribution in [1.29, 1.82) is 0 Å². The first kappa shape index (κ1) is 23.7. The number of amides is 3. The van der Waals surface area contributed by atoms with Gasteiger partial charge in [-0.15, -0.1) is 0 Å². The highest BCUT2D eigenvalue weighted by Gasteiger charge is 2.45. The molecule has 0 aromatic heterocycles. The Labute approximate surface area is 187 Å². The van der Waals surface area contributed by atoms with Crippen molar-refractivity contribution in [3.05, 3.63) is 35.9 Å².